The molecule has 1 amide bonds. The number of carbonyl (C=O) groups excluding carboxylic acids is 1. The largest absolute Gasteiger partial charge is 0.480 e. The maximum Gasteiger partial charge on any atom is 0.257 e. The van der Waals surface area contributed by atoms with Crippen LogP contribution in [0.5, 0.6) is 5.88 Å². The summed E-state index contributed by atoms with van der Waals surface area (Å²) in [7, 11) is 3.22. The predicted molar refractivity (Wildman–Crippen MR) is 135 cm³/mol. The lowest BCUT2D eigenvalue weighted by Crippen LogP contribution is -2.54. The first-order valence-corrected chi connectivity index (χ1v) is 12.2. The van der Waals surface area contributed by atoms with Crippen molar-refractivity contribution in [1.29, 1.82) is 0 Å². The number of carbonyl (C=O) groups is 1. The Bertz CT molecular complexity index is 853. The lowest BCUT2D eigenvalue weighted by atomic mass is 9.88. The van der Waals surface area contributed by atoms with Crippen LogP contribution in [0.3, 0.4) is 0 Å². The summed E-state index contributed by atoms with van der Waals surface area (Å²) in [6.07, 6.45) is 8.59. The maximum absolute atomic E-state index is 13.0. The smallest absolute Gasteiger partial charge is 0.257 e. The molecule has 1 aromatic heterocycles. The van der Waals surface area contributed by atoms with Gasteiger partial charge in [0.15, 0.2) is 0 Å². The Morgan fingerprint density at radius 3 is 2.70 bits per heavy atom. The van der Waals surface area contributed by atoms with Gasteiger partial charge in [0.2, 0.25) is 5.88 Å². The molecule has 2 rings (SSSR count). The molecule has 0 aliphatic carbocycles. The van der Waals surface area contributed by atoms with Crippen LogP contribution < -0.4 is 10.1 Å². The van der Waals surface area contributed by atoms with Crippen molar-refractivity contribution in [2.45, 2.75) is 72.0 Å². The van der Waals surface area contributed by atoms with Crippen LogP contribution in [0.25, 0.3) is 0 Å². The number of ether oxygens (including phenoxy) is 2. The number of amides is 1. The average molecular weight is 478 g/mol. The molecule has 0 saturated carbocycles. The third-order valence-corrected chi connectivity index (χ3v) is 6.79. The fourth-order valence-corrected chi connectivity index (χ4v) is 4.61. The first-order valence-electron chi connectivity index (χ1n) is 11.8. The van der Waals surface area contributed by atoms with Gasteiger partial charge >= 0.3 is 0 Å². The summed E-state index contributed by atoms with van der Waals surface area (Å²) < 4.78 is 10.5. The van der Waals surface area contributed by atoms with Crippen molar-refractivity contribution in [2.24, 2.45) is 5.92 Å². The SMILES string of the molecule is CCC1CC(NC(=O)c2cc(Cl)cnc2OC)CC(C)N1CC(/C=C\COC)=C(\C)C(C)C. The Balaban J connectivity index is 2.16. The molecular weight excluding hydrogens is 438 g/mol. The first-order chi connectivity index (χ1) is 15.7. The molecule has 0 aromatic carbocycles. The molecule has 1 fully saturated rings. The quantitative estimate of drug-likeness (QED) is 0.464. The van der Waals surface area contributed by atoms with E-state index in [2.05, 4.69) is 62.0 Å². The number of piperidine rings is 1. The minimum absolute atomic E-state index is 0.0834. The standard InChI is InChI=1S/C26H40ClN3O3/c1-8-23-14-22(29-25(31)24-13-21(27)15-28-26(24)33-7)12-18(4)30(23)16-20(10-9-11-32-6)19(5)17(2)3/h9-10,13,15,17-18,22-23H,8,11-12,14,16H2,1-7H3,(H,29,31)/b10-9-,20-19+. The van der Waals surface area contributed by atoms with Crippen LogP contribution in [0.15, 0.2) is 35.6 Å². The Kier molecular flexibility index (Phi) is 10.9. The third kappa shape index (κ3) is 7.56. The van der Waals surface area contributed by atoms with Gasteiger partial charge in [0, 0.05) is 38.0 Å². The Morgan fingerprint density at radius 1 is 1.36 bits per heavy atom. The second kappa shape index (κ2) is 13.1. The second-order valence-electron chi connectivity index (χ2n) is 9.16. The lowest BCUT2D eigenvalue weighted by molar-refractivity contribution is 0.0703. The molecule has 3 unspecified atom stereocenters. The zero-order valence-electron chi connectivity index (χ0n) is 21.2. The Hall–Kier alpha value is -1.89. The van der Waals surface area contributed by atoms with E-state index >= 15 is 0 Å². The van der Waals surface area contributed by atoms with Crippen molar-refractivity contribution in [3.8, 4) is 5.88 Å². The maximum atomic E-state index is 13.0. The number of pyridine rings is 1. The van der Waals surface area contributed by atoms with E-state index in [-0.39, 0.29) is 17.8 Å². The average Bonchev–Trinajstić information content (AvgIpc) is 2.78. The monoisotopic (exact) mass is 477 g/mol. The minimum atomic E-state index is -0.193. The van der Waals surface area contributed by atoms with Gasteiger partial charge in [-0.05, 0) is 50.7 Å². The number of aromatic nitrogens is 1. The summed E-state index contributed by atoms with van der Waals surface area (Å²) in [6.45, 7) is 12.7. The molecule has 33 heavy (non-hydrogen) atoms. The number of nitrogens with zero attached hydrogens (tertiary/aromatic N) is 2. The molecular formula is C26H40ClN3O3. The number of likely N-dealkylation sites (tertiary alicyclic amines) is 1. The van der Waals surface area contributed by atoms with E-state index in [1.165, 1.54) is 24.5 Å². The van der Waals surface area contributed by atoms with Crippen molar-refractivity contribution in [1.82, 2.24) is 15.2 Å². The van der Waals surface area contributed by atoms with Crippen LogP contribution >= 0.6 is 11.6 Å². The molecule has 1 aromatic rings. The van der Waals surface area contributed by atoms with E-state index in [9.17, 15) is 4.79 Å². The van der Waals surface area contributed by atoms with E-state index in [4.69, 9.17) is 21.1 Å². The summed E-state index contributed by atoms with van der Waals surface area (Å²) in [5.41, 5.74) is 3.12. The van der Waals surface area contributed by atoms with Crippen LogP contribution in [-0.2, 0) is 4.74 Å². The predicted octanol–water partition coefficient (Wildman–Crippen LogP) is 5.28. The molecule has 0 spiro atoms. The molecule has 1 aliphatic heterocycles. The van der Waals surface area contributed by atoms with E-state index in [0.717, 1.165) is 25.8 Å². The number of halogens is 1. The minimum Gasteiger partial charge on any atom is -0.480 e. The van der Waals surface area contributed by atoms with E-state index in [1.807, 2.05) is 0 Å². The van der Waals surface area contributed by atoms with Crippen LogP contribution in [0, 0.1) is 5.92 Å². The molecule has 1 aliphatic rings. The third-order valence-electron chi connectivity index (χ3n) is 6.59. The van der Waals surface area contributed by atoms with Gasteiger partial charge in [-0.15, -0.1) is 0 Å². The number of nitrogens with one attached hydrogen (secondary N) is 1. The summed E-state index contributed by atoms with van der Waals surface area (Å²) in [6, 6.07) is 2.40. The van der Waals surface area contributed by atoms with Gasteiger partial charge in [0.05, 0.1) is 18.7 Å². The van der Waals surface area contributed by atoms with Gasteiger partial charge in [-0.3, -0.25) is 9.69 Å². The van der Waals surface area contributed by atoms with Crippen molar-refractivity contribution in [2.75, 3.05) is 27.4 Å². The van der Waals surface area contributed by atoms with Crippen LogP contribution in [0.2, 0.25) is 5.02 Å². The number of hydrogen-bond donors (Lipinski definition) is 1. The molecule has 1 N–H and O–H groups in total. The number of rotatable bonds is 10. The first kappa shape index (κ1) is 27.4. The fourth-order valence-electron chi connectivity index (χ4n) is 4.45. The molecule has 3 atom stereocenters. The van der Waals surface area contributed by atoms with Crippen molar-refractivity contribution < 1.29 is 14.3 Å². The highest BCUT2D eigenvalue weighted by Crippen LogP contribution is 2.29. The van der Waals surface area contributed by atoms with Crippen LogP contribution in [-0.4, -0.2) is 61.3 Å². The Morgan fingerprint density at radius 2 is 2.09 bits per heavy atom. The summed E-state index contributed by atoms with van der Waals surface area (Å²) in [5, 5.41) is 3.62. The Labute approximate surface area is 204 Å². The van der Waals surface area contributed by atoms with Gasteiger partial charge in [-0.2, -0.15) is 0 Å². The highest BCUT2D eigenvalue weighted by atomic mass is 35.5. The van der Waals surface area contributed by atoms with E-state index in [0.29, 0.717) is 35.2 Å². The van der Waals surface area contributed by atoms with Crippen LogP contribution in [0.1, 0.15) is 64.2 Å². The molecule has 7 heteroatoms. The number of methoxy groups -OCH3 is 2. The van der Waals surface area contributed by atoms with Gasteiger partial charge in [-0.25, -0.2) is 4.98 Å². The molecule has 0 radical (unpaired) electrons. The topological polar surface area (TPSA) is 63.7 Å². The normalized spacial score (nSPS) is 22.5. The zero-order chi connectivity index (χ0) is 24.5. The van der Waals surface area contributed by atoms with Gasteiger partial charge in [0.25, 0.3) is 5.91 Å². The van der Waals surface area contributed by atoms with Crippen molar-refractivity contribution in [3.05, 3.63) is 46.1 Å². The highest BCUT2D eigenvalue weighted by Gasteiger charge is 2.34. The lowest BCUT2D eigenvalue weighted by Gasteiger charge is -2.44. The summed E-state index contributed by atoms with van der Waals surface area (Å²) in [5.74, 6) is 0.581. The van der Waals surface area contributed by atoms with Gasteiger partial charge in [0.1, 0.15) is 5.56 Å². The molecule has 184 valence electrons. The number of allylic oxidation sites excluding steroid dienone is 1. The highest BCUT2D eigenvalue weighted by molar-refractivity contribution is 6.30. The van der Waals surface area contributed by atoms with E-state index < -0.39 is 0 Å². The number of hydrogen-bond acceptors (Lipinski definition) is 5. The second-order valence-corrected chi connectivity index (χ2v) is 9.59. The van der Waals surface area contributed by atoms with Crippen molar-refractivity contribution >= 4 is 17.5 Å². The molecule has 2 heterocycles. The molecule has 6 nitrogen and oxygen atoms in total. The van der Waals surface area contributed by atoms with Gasteiger partial charge in [-0.1, -0.05) is 50.1 Å². The van der Waals surface area contributed by atoms with Gasteiger partial charge < -0.3 is 14.8 Å². The van der Waals surface area contributed by atoms with Crippen LogP contribution in [0.4, 0.5) is 0 Å². The molecule has 0 bridgehead atoms. The van der Waals surface area contributed by atoms with Crippen molar-refractivity contribution in [3.63, 3.8) is 0 Å². The molecule has 1 saturated heterocycles. The zero-order valence-corrected chi connectivity index (χ0v) is 21.9. The summed E-state index contributed by atoms with van der Waals surface area (Å²) >= 11 is 6.07. The summed E-state index contributed by atoms with van der Waals surface area (Å²) in [4.78, 5) is 19.7. The van der Waals surface area contributed by atoms with E-state index in [1.54, 1.807) is 13.2 Å². The fraction of sp³-hybridized carbons (Fsp3) is 0.615.